The third kappa shape index (κ3) is 5.17. The van der Waals surface area contributed by atoms with E-state index in [0.29, 0.717) is 30.2 Å². The number of carbonyl (C=O) groups excluding carboxylic acids is 2. The first-order valence-electron chi connectivity index (χ1n) is 10.6. The van der Waals surface area contributed by atoms with Crippen LogP contribution in [-0.4, -0.2) is 41.0 Å². The van der Waals surface area contributed by atoms with E-state index in [2.05, 4.69) is 6.92 Å². The molecule has 31 heavy (non-hydrogen) atoms. The van der Waals surface area contributed by atoms with Crippen LogP contribution >= 0.6 is 11.6 Å². The van der Waals surface area contributed by atoms with Crippen LogP contribution < -0.4 is 0 Å². The summed E-state index contributed by atoms with van der Waals surface area (Å²) in [5.74, 6) is -1.48. The van der Waals surface area contributed by atoms with E-state index in [1.165, 1.54) is 4.90 Å². The molecular weight excluding hydrogens is 414 g/mol. The van der Waals surface area contributed by atoms with Gasteiger partial charge in [-0.05, 0) is 62.1 Å². The molecule has 0 radical (unpaired) electrons. The Morgan fingerprint density at radius 3 is 2.32 bits per heavy atom. The highest BCUT2D eigenvalue weighted by atomic mass is 35.5. The molecule has 1 N–H and O–H groups in total. The van der Waals surface area contributed by atoms with E-state index in [1.54, 1.807) is 24.3 Å². The quantitative estimate of drug-likeness (QED) is 0.266. The molecule has 1 amide bonds. The van der Waals surface area contributed by atoms with Crippen LogP contribution in [0.1, 0.15) is 49.9 Å². The number of carbonyl (C=O) groups is 2. The highest BCUT2D eigenvalue weighted by Crippen LogP contribution is 2.39. The van der Waals surface area contributed by atoms with E-state index in [0.717, 1.165) is 17.5 Å². The van der Waals surface area contributed by atoms with E-state index >= 15 is 0 Å². The first kappa shape index (κ1) is 23.0. The van der Waals surface area contributed by atoms with E-state index in [4.69, 9.17) is 16.3 Å². The topological polar surface area (TPSA) is 66.8 Å². The summed E-state index contributed by atoms with van der Waals surface area (Å²) in [6.07, 6.45) is 1.57. The van der Waals surface area contributed by atoms with Crippen LogP contribution in [0.3, 0.4) is 0 Å². The highest BCUT2D eigenvalue weighted by Gasteiger charge is 2.45. The molecule has 3 rings (SSSR count). The molecular formula is C25H28ClNO4. The van der Waals surface area contributed by atoms with Gasteiger partial charge >= 0.3 is 0 Å². The van der Waals surface area contributed by atoms with Crippen LogP contribution in [0.25, 0.3) is 5.76 Å². The van der Waals surface area contributed by atoms with Gasteiger partial charge in [-0.25, -0.2) is 0 Å². The van der Waals surface area contributed by atoms with Crippen LogP contribution in [0, 0.1) is 0 Å². The number of rotatable bonds is 8. The van der Waals surface area contributed by atoms with Gasteiger partial charge in [-0.1, -0.05) is 42.8 Å². The Labute approximate surface area is 188 Å². The van der Waals surface area contributed by atoms with Gasteiger partial charge in [-0.2, -0.15) is 0 Å². The number of Topliss-reactive ketones (excluding diaryl/α,β-unsaturated/α-hetero) is 1. The van der Waals surface area contributed by atoms with Crippen molar-refractivity contribution in [3.8, 4) is 0 Å². The largest absolute Gasteiger partial charge is 0.507 e. The van der Waals surface area contributed by atoms with Crippen LogP contribution in [-0.2, 0) is 20.7 Å². The molecule has 0 bridgehead atoms. The number of halogens is 1. The molecule has 0 unspecified atom stereocenters. The molecule has 0 saturated carbocycles. The molecule has 2 aromatic carbocycles. The van der Waals surface area contributed by atoms with Crippen LogP contribution in [0.15, 0.2) is 54.1 Å². The Morgan fingerprint density at radius 2 is 1.74 bits per heavy atom. The van der Waals surface area contributed by atoms with E-state index < -0.39 is 17.7 Å². The normalized spacial score (nSPS) is 18.2. The molecule has 1 saturated heterocycles. The fraction of sp³-hybridized carbons (Fsp3) is 0.360. The van der Waals surface area contributed by atoms with Gasteiger partial charge in [0.2, 0.25) is 0 Å². The van der Waals surface area contributed by atoms with Gasteiger partial charge in [0.1, 0.15) is 5.76 Å². The lowest BCUT2D eigenvalue weighted by atomic mass is 9.94. The Kier molecular flexibility index (Phi) is 7.52. The van der Waals surface area contributed by atoms with Crippen molar-refractivity contribution in [1.82, 2.24) is 4.90 Å². The Balaban J connectivity index is 2.02. The lowest BCUT2D eigenvalue weighted by Crippen LogP contribution is -2.31. The van der Waals surface area contributed by atoms with Gasteiger partial charge in [-0.15, -0.1) is 0 Å². The van der Waals surface area contributed by atoms with E-state index in [1.807, 2.05) is 38.1 Å². The zero-order valence-corrected chi connectivity index (χ0v) is 18.9. The molecule has 0 aromatic heterocycles. The SMILES string of the molecule is CCc1ccc([C@@H]2C(=C(O)c3ccc(Cl)cc3)C(=O)C(=O)N2CCCOC(C)C)cc1. The summed E-state index contributed by atoms with van der Waals surface area (Å²) in [7, 11) is 0. The van der Waals surface area contributed by atoms with Gasteiger partial charge in [0.05, 0.1) is 17.7 Å². The summed E-state index contributed by atoms with van der Waals surface area (Å²) in [6.45, 7) is 6.81. The Bertz CT molecular complexity index is 964. The van der Waals surface area contributed by atoms with Crippen molar-refractivity contribution in [3.05, 3.63) is 75.8 Å². The summed E-state index contributed by atoms with van der Waals surface area (Å²) in [5, 5.41) is 11.5. The number of ether oxygens (including phenoxy) is 1. The van der Waals surface area contributed by atoms with Crippen LogP contribution in [0.2, 0.25) is 5.02 Å². The predicted octanol–water partition coefficient (Wildman–Crippen LogP) is 5.14. The van der Waals surface area contributed by atoms with Crippen molar-refractivity contribution in [2.45, 2.75) is 45.8 Å². The lowest BCUT2D eigenvalue weighted by molar-refractivity contribution is -0.140. The van der Waals surface area contributed by atoms with Crippen molar-refractivity contribution in [2.75, 3.05) is 13.2 Å². The minimum absolute atomic E-state index is 0.0951. The number of hydrogen-bond acceptors (Lipinski definition) is 4. The third-order valence-electron chi connectivity index (χ3n) is 5.36. The number of hydrogen-bond donors (Lipinski definition) is 1. The number of aryl methyl sites for hydroxylation is 1. The van der Waals surface area contributed by atoms with E-state index in [9.17, 15) is 14.7 Å². The van der Waals surface area contributed by atoms with Gasteiger partial charge in [0.25, 0.3) is 11.7 Å². The number of amides is 1. The average Bonchev–Trinajstić information content (AvgIpc) is 3.01. The highest BCUT2D eigenvalue weighted by molar-refractivity contribution is 6.46. The molecule has 0 aliphatic carbocycles. The molecule has 164 valence electrons. The molecule has 1 heterocycles. The molecule has 5 nitrogen and oxygen atoms in total. The van der Waals surface area contributed by atoms with Crippen molar-refractivity contribution in [2.24, 2.45) is 0 Å². The molecule has 1 aliphatic heterocycles. The van der Waals surface area contributed by atoms with Crippen molar-refractivity contribution < 1.29 is 19.4 Å². The lowest BCUT2D eigenvalue weighted by Gasteiger charge is -2.25. The fourth-order valence-corrected chi connectivity index (χ4v) is 3.84. The number of nitrogens with zero attached hydrogens (tertiary/aromatic N) is 1. The van der Waals surface area contributed by atoms with E-state index in [-0.39, 0.29) is 17.4 Å². The van der Waals surface area contributed by atoms with Gasteiger partial charge in [-0.3, -0.25) is 9.59 Å². The van der Waals surface area contributed by atoms with Crippen LogP contribution in [0.4, 0.5) is 0 Å². The number of benzene rings is 2. The van der Waals surface area contributed by atoms with Gasteiger partial charge < -0.3 is 14.7 Å². The number of ketones is 1. The standard InChI is InChI=1S/C25H28ClNO4/c1-4-17-6-8-18(9-7-17)22-21(23(28)19-10-12-20(26)13-11-19)24(29)25(30)27(22)14-5-15-31-16(2)3/h6-13,16,22,28H,4-5,14-15H2,1-3H3/t22-/m1/s1. The molecule has 1 fully saturated rings. The maximum Gasteiger partial charge on any atom is 0.295 e. The third-order valence-corrected chi connectivity index (χ3v) is 5.61. The molecule has 0 spiro atoms. The predicted molar refractivity (Wildman–Crippen MR) is 122 cm³/mol. The monoisotopic (exact) mass is 441 g/mol. The zero-order chi connectivity index (χ0) is 22.5. The number of aliphatic hydroxyl groups is 1. The smallest absolute Gasteiger partial charge is 0.295 e. The maximum atomic E-state index is 13.0. The molecule has 1 aliphatic rings. The number of likely N-dealkylation sites (tertiary alicyclic amines) is 1. The first-order chi connectivity index (χ1) is 14.8. The Hall–Kier alpha value is -2.63. The minimum Gasteiger partial charge on any atom is -0.507 e. The number of aliphatic hydroxyl groups excluding tert-OH is 1. The fourth-order valence-electron chi connectivity index (χ4n) is 3.71. The zero-order valence-electron chi connectivity index (χ0n) is 18.1. The minimum atomic E-state index is -0.679. The summed E-state index contributed by atoms with van der Waals surface area (Å²) >= 11 is 5.96. The van der Waals surface area contributed by atoms with Crippen molar-refractivity contribution >= 4 is 29.1 Å². The van der Waals surface area contributed by atoms with Crippen molar-refractivity contribution in [1.29, 1.82) is 0 Å². The molecule has 2 aromatic rings. The van der Waals surface area contributed by atoms with Gasteiger partial charge in [0.15, 0.2) is 0 Å². The molecule has 6 heteroatoms. The average molecular weight is 442 g/mol. The molecule has 1 atom stereocenters. The summed E-state index contributed by atoms with van der Waals surface area (Å²) in [5.41, 5.74) is 2.49. The van der Waals surface area contributed by atoms with Gasteiger partial charge in [0, 0.05) is 23.7 Å². The summed E-state index contributed by atoms with van der Waals surface area (Å²) in [6, 6.07) is 13.7. The second-order valence-corrected chi connectivity index (χ2v) is 8.30. The Morgan fingerprint density at radius 1 is 1.10 bits per heavy atom. The second-order valence-electron chi connectivity index (χ2n) is 7.87. The van der Waals surface area contributed by atoms with Crippen molar-refractivity contribution in [3.63, 3.8) is 0 Å². The first-order valence-corrected chi connectivity index (χ1v) is 11.0. The summed E-state index contributed by atoms with van der Waals surface area (Å²) < 4.78 is 5.59. The second kappa shape index (κ2) is 10.1. The van der Waals surface area contributed by atoms with Crippen LogP contribution in [0.5, 0.6) is 0 Å². The maximum absolute atomic E-state index is 13.0. The summed E-state index contributed by atoms with van der Waals surface area (Å²) in [4.78, 5) is 27.4.